The van der Waals surface area contributed by atoms with Crippen molar-refractivity contribution >= 4 is 39.9 Å². The van der Waals surface area contributed by atoms with E-state index in [2.05, 4.69) is 15.7 Å². The van der Waals surface area contributed by atoms with Crippen LogP contribution >= 0.6 is 22.6 Å². The van der Waals surface area contributed by atoms with Gasteiger partial charge in [-0.2, -0.15) is 5.10 Å². The largest absolute Gasteiger partial charge is 0.395 e. The van der Waals surface area contributed by atoms with Crippen LogP contribution in [-0.2, 0) is 7.05 Å². The number of nitrogens with zero attached hydrogens (tertiary/aromatic N) is 2. The van der Waals surface area contributed by atoms with Crippen molar-refractivity contribution in [3.63, 3.8) is 0 Å². The minimum Gasteiger partial charge on any atom is -0.395 e. The number of hydrogen-bond acceptors (Lipinski definition) is 5. The van der Waals surface area contributed by atoms with Crippen LogP contribution in [0, 0.1) is 16.3 Å². The Bertz CT molecular complexity index is 838. The van der Waals surface area contributed by atoms with Crippen molar-refractivity contribution in [3.05, 3.63) is 49.2 Å². The highest BCUT2D eigenvalue weighted by Crippen LogP contribution is 2.24. The molecule has 7 nitrogen and oxygen atoms in total. The summed E-state index contributed by atoms with van der Waals surface area (Å²) in [5.41, 5.74) is 0.0427. The Balaban J connectivity index is 2.52. The molecule has 1 heterocycles. The average Bonchev–Trinajstić information content (AvgIpc) is 2.54. The maximum Gasteiger partial charge on any atom is 0.273 e. The van der Waals surface area contributed by atoms with Gasteiger partial charge in [-0.05, 0) is 47.7 Å². The molecule has 24 heavy (non-hydrogen) atoms. The monoisotopic (exact) mass is 446 g/mol. The van der Waals surface area contributed by atoms with Gasteiger partial charge in [-0.1, -0.05) is 0 Å². The van der Waals surface area contributed by atoms with Gasteiger partial charge in [0.2, 0.25) is 0 Å². The number of carbonyl (C=O) groups is 1. The van der Waals surface area contributed by atoms with E-state index in [1.807, 2.05) is 22.6 Å². The molecule has 2 rings (SSSR count). The number of aliphatic hydroxyl groups excluding tert-OH is 1. The molecule has 9 heteroatoms. The SMILES string of the molecule is Cc1c(Nc2ccc(I)cc2F)c(C(=O)NCCO)nn(C)c1=O. The predicted octanol–water partition coefficient (Wildman–Crippen LogP) is 1.30. The summed E-state index contributed by atoms with van der Waals surface area (Å²) in [5, 5.41) is 18.0. The number of hydrogen-bond donors (Lipinski definition) is 3. The summed E-state index contributed by atoms with van der Waals surface area (Å²) in [4.78, 5) is 24.3. The summed E-state index contributed by atoms with van der Waals surface area (Å²) in [7, 11) is 1.42. The molecule has 128 valence electrons. The zero-order valence-electron chi connectivity index (χ0n) is 13.1. The van der Waals surface area contributed by atoms with Gasteiger partial charge in [-0.25, -0.2) is 9.07 Å². The van der Waals surface area contributed by atoms with Crippen LogP contribution in [0.1, 0.15) is 16.1 Å². The Morgan fingerprint density at radius 3 is 2.79 bits per heavy atom. The molecular formula is C15H16FIN4O3. The maximum atomic E-state index is 14.1. The highest BCUT2D eigenvalue weighted by atomic mass is 127. The van der Waals surface area contributed by atoms with Crippen LogP contribution in [-0.4, -0.2) is 33.9 Å². The Kier molecular flexibility index (Phi) is 5.89. The van der Waals surface area contributed by atoms with Crippen LogP contribution in [0.15, 0.2) is 23.0 Å². The smallest absolute Gasteiger partial charge is 0.273 e. The van der Waals surface area contributed by atoms with E-state index in [1.54, 1.807) is 6.07 Å². The Hall–Kier alpha value is -2.01. The van der Waals surface area contributed by atoms with Crippen molar-refractivity contribution in [1.82, 2.24) is 15.1 Å². The van der Waals surface area contributed by atoms with E-state index in [4.69, 9.17) is 5.11 Å². The van der Waals surface area contributed by atoms with Crippen molar-refractivity contribution in [2.45, 2.75) is 6.92 Å². The van der Waals surface area contributed by atoms with Gasteiger partial charge in [0.25, 0.3) is 11.5 Å². The minimum atomic E-state index is -0.573. The first kappa shape index (κ1) is 18.3. The first-order chi connectivity index (χ1) is 11.3. The lowest BCUT2D eigenvalue weighted by atomic mass is 10.2. The number of benzene rings is 1. The summed E-state index contributed by atoms with van der Waals surface area (Å²) < 4.78 is 15.8. The van der Waals surface area contributed by atoms with E-state index in [-0.39, 0.29) is 35.8 Å². The van der Waals surface area contributed by atoms with E-state index in [1.165, 1.54) is 26.1 Å². The second kappa shape index (κ2) is 7.71. The minimum absolute atomic E-state index is 0.0414. The molecule has 0 unspecified atom stereocenters. The second-order valence-electron chi connectivity index (χ2n) is 5.01. The molecule has 0 fully saturated rings. The number of aromatic nitrogens is 2. The zero-order chi connectivity index (χ0) is 17.9. The van der Waals surface area contributed by atoms with E-state index in [9.17, 15) is 14.0 Å². The second-order valence-corrected chi connectivity index (χ2v) is 6.25. The third-order valence-electron chi connectivity index (χ3n) is 3.28. The molecule has 3 N–H and O–H groups in total. The number of rotatable bonds is 5. The van der Waals surface area contributed by atoms with E-state index >= 15 is 0 Å². The molecule has 0 aliphatic heterocycles. The fourth-order valence-electron chi connectivity index (χ4n) is 2.06. The fourth-order valence-corrected chi connectivity index (χ4v) is 2.52. The molecular weight excluding hydrogens is 430 g/mol. The number of aryl methyl sites for hydroxylation is 1. The van der Waals surface area contributed by atoms with Crippen molar-refractivity contribution < 1.29 is 14.3 Å². The summed E-state index contributed by atoms with van der Waals surface area (Å²) in [6.45, 7) is 1.34. The molecule has 0 aliphatic rings. The maximum absolute atomic E-state index is 14.1. The molecule has 0 spiro atoms. The molecule has 0 saturated heterocycles. The van der Waals surface area contributed by atoms with Gasteiger partial charge < -0.3 is 15.7 Å². The summed E-state index contributed by atoms with van der Waals surface area (Å²) in [6, 6.07) is 4.54. The van der Waals surface area contributed by atoms with Gasteiger partial charge >= 0.3 is 0 Å². The van der Waals surface area contributed by atoms with Crippen molar-refractivity contribution in [1.29, 1.82) is 0 Å². The molecule has 0 radical (unpaired) electrons. The fraction of sp³-hybridized carbons (Fsp3) is 0.267. The molecule has 0 saturated carbocycles. The van der Waals surface area contributed by atoms with Crippen LogP contribution in [0.3, 0.4) is 0 Å². The highest BCUT2D eigenvalue weighted by Gasteiger charge is 2.20. The number of anilines is 2. The molecule has 1 amide bonds. The van der Waals surface area contributed by atoms with E-state index < -0.39 is 17.3 Å². The Morgan fingerprint density at radius 2 is 2.17 bits per heavy atom. The lowest BCUT2D eigenvalue weighted by molar-refractivity contribution is 0.0938. The standard InChI is InChI=1S/C15H16FIN4O3/c1-8-12(19-11-4-3-9(17)7-10(11)16)13(14(23)18-5-6-22)20-21(2)15(8)24/h3-4,7,19,22H,5-6H2,1-2H3,(H,18,23). The molecule has 2 aromatic rings. The molecule has 0 bridgehead atoms. The normalized spacial score (nSPS) is 10.5. The van der Waals surface area contributed by atoms with Gasteiger partial charge in [0, 0.05) is 22.7 Å². The number of nitrogens with one attached hydrogen (secondary N) is 2. The van der Waals surface area contributed by atoms with Crippen LogP contribution in [0.4, 0.5) is 15.8 Å². The number of carbonyl (C=O) groups excluding carboxylic acids is 1. The lowest BCUT2D eigenvalue weighted by Crippen LogP contribution is -2.33. The Morgan fingerprint density at radius 1 is 1.46 bits per heavy atom. The van der Waals surface area contributed by atoms with Crippen LogP contribution < -0.4 is 16.2 Å². The number of amides is 1. The zero-order valence-corrected chi connectivity index (χ0v) is 15.2. The van der Waals surface area contributed by atoms with Gasteiger partial charge in [0.15, 0.2) is 5.69 Å². The summed E-state index contributed by atoms with van der Waals surface area (Å²) in [6.07, 6.45) is 0. The summed E-state index contributed by atoms with van der Waals surface area (Å²) >= 11 is 1.98. The van der Waals surface area contributed by atoms with Crippen molar-refractivity contribution in [3.8, 4) is 0 Å². The van der Waals surface area contributed by atoms with E-state index in [0.717, 1.165) is 8.25 Å². The van der Waals surface area contributed by atoms with Gasteiger partial charge in [0.1, 0.15) is 5.82 Å². The van der Waals surface area contributed by atoms with Crippen molar-refractivity contribution in [2.24, 2.45) is 7.05 Å². The predicted molar refractivity (Wildman–Crippen MR) is 96.0 cm³/mol. The average molecular weight is 446 g/mol. The van der Waals surface area contributed by atoms with Crippen LogP contribution in [0.2, 0.25) is 0 Å². The Labute approximate surface area is 151 Å². The topological polar surface area (TPSA) is 96.2 Å². The number of aliphatic hydroxyl groups is 1. The van der Waals surface area contributed by atoms with Gasteiger partial charge in [-0.15, -0.1) is 0 Å². The molecule has 0 atom stereocenters. The first-order valence-corrected chi connectivity index (χ1v) is 8.12. The molecule has 1 aromatic heterocycles. The summed E-state index contributed by atoms with van der Waals surface area (Å²) in [5.74, 6) is -1.08. The quantitative estimate of drug-likeness (QED) is 0.602. The van der Waals surface area contributed by atoms with E-state index in [0.29, 0.717) is 0 Å². The first-order valence-electron chi connectivity index (χ1n) is 7.04. The van der Waals surface area contributed by atoms with Crippen LogP contribution in [0.5, 0.6) is 0 Å². The van der Waals surface area contributed by atoms with Crippen molar-refractivity contribution in [2.75, 3.05) is 18.5 Å². The number of halogens is 2. The third kappa shape index (κ3) is 3.90. The van der Waals surface area contributed by atoms with Gasteiger partial charge in [-0.3, -0.25) is 9.59 Å². The van der Waals surface area contributed by atoms with Crippen LogP contribution in [0.25, 0.3) is 0 Å². The third-order valence-corrected chi connectivity index (χ3v) is 3.95. The molecule has 1 aromatic carbocycles. The highest BCUT2D eigenvalue weighted by molar-refractivity contribution is 14.1. The lowest BCUT2D eigenvalue weighted by Gasteiger charge is -2.15. The molecule has 0 aliphatic carbocycles. The van der Waals surface area contributed by atoms with Gasteiger partial charge in [0.05, 0.1) is 18.0 Å².